The number of aromatic carboxylic acids is 1. The van der Waals surface area contributed by atoms with Crippen molar-refractivity contribution in [3.05, 3.63) is 52.8 Å². The molecule has 1 heterocycles. The number of hydrogen-bond acceptors (Lipinski definition) is 4. The van der Waals surface area contributed by atoms with E-state index < -0.39 is 5.97 Å². The summed E-state index contributed by atoms with van der Waals surface area (Å²) >= 11 is 5.95. The minimum absolute atomic E-state index is 0.0160. The van der Waals surface area contributed by atoms with E-state index in [2.05, 4.69) is 4.98 Å². The number of nitrogens with zero attached hydrogens (tertiary/aromatic N) is 2. The van der Waals surface area contributed by atoms with Crippen molar-refractivity contribution in [3.63, 3.8) is 0 Å². The highest BCUT2D eigenvalue weighted by molar-refractivity contribution is 6.32. The Morgan fingerprint density at radius 3 is 2.79 bits per heavy atom. The second-order valence-electron chi connectivity index (χ2n) is 3.57. The Kier molecular flexibility index (Phi) is 3.64. The van der Waals surface area contributed by atoms with Gasteiger partial charge in [-0.2, -0.15) is 5.26 Å². The maximum Gasteiger partial charge on any atom is 0.337 e. The van der Waals surface area contributed by atoms with Gasteiger partial charge in [-0.15, -0.1) is 0 Å². The first-order valence-corrected chi connectivity index (χ1v) is 5.54. The molecule has 0 aliphatic heterocycles. The molecule has 0 aliphatic rings. The third-order valence-corrected chi connectivity index (χ3v) is 2.54. The molecule has 0 bridgehead atoms. The van der Waals surface area contributed by atoms with Gasteiger partial charge >= 0.3 is 5.97 Å². The standard InChI is InChI=1S/C13H7ClN2O3/c14-11-3-8(5-15)1-2-12(11)19-10-4-9(13(17)18)6-16-7-10/h1-4,6-7H,(H,17,18). The number of benzene rings is 1. The van der Waals surface area contributed by atoms with Crippen LogP contribution in [0, 0.1) is 11.3 Å². The van der Waals surface area contributed by atoms with Gasteiger partial charge in [-0.3, -0.25) is 4.98 Å². The molecule has 0 atom stereocenters. The van der Waals surface area contributed by atoms with E-state index in [-0.39, 0.29) is 16.3 Å². The van der Waals surface area contributed by atoms with E-state index in [9.17, 15) is 4.79 Å². The van der Waals surface area contributed by atoms with E-state index in [0.717, 1.165) is 0 Å². The molecule has 0 fully saturated rings. The fourth-order valence-corrected chi connectivity index (χ4v) is 1.59. The van der Waals surface area contributed by atoms with Crippen LogP contribution in [0.25, 0.3) is 0 Å². The average Bonchev–Trinajstić information content (AvgIpc) is 2.41. The SMILES string of the molecule is N#Cc1ccc(Oc2cncc(C(=O)O)c2)c(Cl)c1. The van der Waals surface area contributed by atoms with Gasteiger partial charge in [0.2, 0.25) is 0 Å². The fourth-order valence-electron chi connectivity index (χ4n) is 1.37. The molecular weight excluding hydrogens is 268 g/mol. The Balaban J connectivity index is 2.29. The highest BCUT2D eigenvalue weighted by atomic mass is 35.5. The summed E-state index contributed by atoms with van der Waals surface area (Å²) < 4.78 is 5.43. The van der Waals surface area contributed by atoms with Gasteiger partial charge in [0, 0.05) is 6.20 Å². The molecule has 1 N–H and O–H groups in total. The number of carboxylic acid groups (broad SMARTS) is 1. The van der Waals surface area contributed by atoms with Gasteiger partial charge in [0.1, 0.15) is 11.5 Å². The third-order valence-electron chi connectivity index (χ3n) is 2.25. The lowest BCUT2D eigenvalue weighted by Crippen LogP contribution is -1.97. The van der Waals surface area contributed by atoms with E-state index in [1.165, 1.54) is 30.6 Å². The van der Waals surface area contributed by atoms with Crippen LogP contribution in [0.2, 0.25) is 5.02 Å². The molecule has 0 saturated carbocycles. The summed E-state index contributed by atoms with van der Waals surface area (Å²) in [7, 11) is 0. The molecule has 0 radical (unpaired) electrons. The van der Waals surface area contributed by atoms with Crippen molar-refractivity contribution in [1.29, 1.82) is 5.26 Å². The number of aromatic nitrogens is 1. The van der Waals surface area contributed by atoms with Crippen molar-refractivity contribution in [1.82, 2.24) is 4.98 Å². The van der Waals surface area contributed by atoms with Crippen molar-refractivity contribution in [2.45, 2.75) is 0 Å². The highest BCUT2D eigenvalue weighted by Crippen LogP contribution is 2.29. The lowest BCUT2D eigenvalue weighted by molar-refractivity contribution is 0.0696. The van der Waals surface area contributed by atoms with E-state index in [0.29, 0.717) is 11.3 Å². The fraction of sp³-hybridized carbons (Fsp3) is 0. The Bertz CT molecular complexity index is 680. The summed E-state index contributed by atoms with van der Waals surface area (Å²) in [4.78, 5) is 14.6. The van der Waals surface area contributed by atoms with Gasteiger partial charge in [-0.05, 0) is 24.3 Å². The number of ether oxygens (including phenoxy) is 1. The van der Waals surface area contributed by atoms with Gasteiger partial charge in [0.25, 0.3) is 0 Å². The van der Waals surface area contributed by atoms with Crippen LogP contribution >= 0.6 is 11.6 Å². The maximum absolute atomic E-state index is 10.8. The number of pyridine rings is 1. The second-order valence-corrected chi connectivity index (χ2v) is 3.98. The van der Waals surface area contributed by atoms with Crippen LogP contribution in [0.1, 0.15) is 15.9 Å². The summed E-state index contributed by atoms with van der Waals surface area (Å²) in [5, 5.41) is 17.8. The Morgan fingerprint density at radius 1 is 1.37 bits per heavy atom. The Labute approximate surface area is 113 Å². The van der Waals surface area contributed by atoms with Gasteiger partial charge in [-0.1, -0.05) is 11.6 Å². The number of carboxylic acids is 1. The number of carbonyl (C=O) groups is 1. The topological polar surface area (TPSA) is 83.2 Å². The van der Waals surface area contributed by atoms with Crippen LogP contribution < -0.4 is 4.74 Å². The first kappa shape index (κ1) is 12.9. The first-order valence-electron chi connectivity index (χ1n) is 5.16. The molecule has 6 heteroatoms. The van der Waals surface area contributed by atoms with Crippen molar-refractivity contribution >= 4 is 17.6 Å². The largest absolute Gasteiger partial charge is 0.478 e. The van der Waals surface area contributed by atoms with Crippen LogP contribution in [0.3, 0.4) is 0 Å². The van der Waals surface area contributed by atoms with Gasteiger partial charge in [-0.25, -0.2) is 4.79 Å². The lowest BCUT2D eigenvalue weighted by atomic mass is 10.2. The van der Waals surface area contributed by atoms with Gasteiger partial charge in [0.05, 0.1) is 28.4 Å². The van der Waals surface area contributed by atoms with Crippen molar-refractivity contribution in [2.75, 3.05) is 0 Å². The molecular formula is C13H7ClN2O3. The van der Waals surface area contributed by atoms with Crippen molar-refractivity contribution in [3.8, 4) is 17.6 Å². The summed E-state index contributed by atoms with van der Waals surface area (Å²) in [6.07, 6.45) is 2.59. The van der Waals surface area contributed by atoms with Crippen LogP contribution in [-0.2, 0) is 0 Å². The molecule has 1 aromatic heterocycles. The predicted octanol–water partition coefficient (Wildman–Crippen LogP) is 3.10. The highest BCUT2D eigenvalue weighted by Gasteiger charge is 2.08. The number of rotatable bonds is 3. The van der Waals surface area contributed by atoms with Crippen LogP contribution in [0.5, 0.6) is 11.5 Å². The van der Waals surface area contributed by atoms with E-state index in [1.54, 1.807) is 6.07 Å². The summed E-state index contributed by atoms with van der Waals surface area (Å²) in [6, 6.07) is 7.84. The van der Waals surface area contributed by atoms with Gasteiger partial charge in [0.15, 0.2) is 0 Å². The summed E-state index contributed by atoms with van der Waals surface area (Å²) in [5.41, 5.74) is 0.428. The second kappa shape index (κ2) is 5.38. The van der Waals surface area contributed by atoms with Crippen molar-refractivity contribution in [2.24, 2.45) is 0 Å². The summed E-state index contributed by atoms with van der Waals surface area (Å²) in [6.45, 7) is 0. The van der Waals surface area contributed by atoms with Crippen LogP contribution in [-0.4, -0.2) is 16.1 Å². The number of halogens is 1. The zero-order valence-corrected chi connectivity index (χ0v) is 10.3. The number of hydrogen-bond donors (Lipinski definition) is 1. The molecule has 0 unspecified atom stereocenters. The van der Waals surface area contributed by atoms with Crippen molar-refractivity contribution < 1.29 is 14.6 Å². The minimum atomic E-state index is -1.09. The zero-order chi connectivity index (χ0) is 13.8. The van der Waals surface area contributed by atoms with Gasteiger partial charge < -0.3 is 9.84 Å². The molecule has 1 aromatic carbocycles. The molecule has 94 valence electrons. The molecule has 19 heavy (non-hydrogen) atoms. The monoisotopic (exact) mass is 274 g/mol. The summed E-state index contributed by atoms with van der Waals surface area (Å²) in [5.74, 6) is -0.514. The Hall–Kier alpha value is -2.58. The van der Waals surface area contributed by atoms with E-state index in [4.69, 9.17) is 26.7 Å². The Morgan fingerprint density at radius 2 is 2.16 bits per heavy atom. The smallest absolute Gasteiger partial charge is 0.337 e. The van der Waals surface area contributed by atoms with Crippen LogP contribution in [0.15, 0.2) is 36.7 Å². The zero-order valence-electron chi connectivity index (χ0n) is 9.50. The molecule has 0 saturated heterocycles. The molecule has 2 rings (SSSR count). The molecule has 0 amide bonds. The number of nitriles is 1. The van der Waals surface area contributed by atoms with E-state index >= 15 is 0 Å². The maximum atomic E-state index is 10.8. The molecule has 0 spiro atoms. The lowest BCUT2D eigenvalue weighted by Gasteiger charge is -2.07. The molecule has 5 nitrogen and oxygen atoms in total. The normalized spacial score (nSPS) is 9.68. The average molecular weight is 275 g/mol. The quantitative estimate of drug-likeness (QED) is 0.930. The minimum Gasteiger partial charge on any atom is -0.478 e. The van der Waals surface area contributed by atoms with Crippen LogP contribution in [0.4, 0.5) is 0 Å². The molecule has 0 aliphatic carbocycles. The molecule has 2 aromatic rings. The van der Waals surface area contributed by atoms with E-state index in [1.807, 2.05) is 6.07 Å². The first-order chi connectivity index (χ1) is 9.10. The third kappa shape index (κ3) is 3.00. The predicted molar refractivity (Wildman–Crippen MR) is 67.4 cm³/mol.